The molecule has 1 N–H and O–H groups in total. The third-order valence-electron chi connectivity index (χ3n) is 3.12. The Morgan fingerprint density at radius 3 is 2.65 bits per heavy atom. The van der Waals surface area contributed by atoms with E-state index in [4.69, 9.17) is 14.7 Å². The molecule has 1 aliphatic rings. The van der Waals surface area contributed by atoms with Gasteiger partial charge in [0.05, 0.1) is 11.6 Å². The molecule has 0 saturated carbocycles. The van der Waals surface area contributed by atoms with Crippen molar-refractivity contribution in [2.75, 3.05) is 19.7 Å². The van der Waals surface area contributed by atoms with Crippen LogP contribution in [0.25, 0.3) is 0 Å². The summed E-state index contributed by atoms with van der Waals surface area (Å²) in [6, 6.07) is 7.71. The van der Waals surface area contributed by atoms with E-state index in [9.17, 15) is 14.4 Å². The number of imide groups is 1. The second-order valence-electron chi connectivity index (χ2n) is 4.78. The zero-order valence-electron chi connectivity index (χ0n) is 12.4. The van der Waals surface area contributed by atoms with E-state index in [2.05, 4.69) is 5.32 Å². The predicted molar refractivity (Wildman–Crippen MR) is 77.3 cm³/mol. The van der Waals surface area contributed by atoms with Crippen LogP contribution in [0.5, 0.6) is 5.75 Å². The molecule has 0 spiro atoms. The first kappa shape index (κ1) is 16.3. The molecule has 1 atom stereocenters. The second kappa shape index (κ2) is 7.26. The van der Waals surface area contributed by atoms with Gasteiger partial charge in [-0.3, -0.25) is 9.69 Å². The first-order valence-electron chi connectivity index (χ1n) is 6.93. The predicted octanol–water partition coefficient (Wildman–Crippen LogP) is 0.421. The van der Waals surface area contributed by atoms with Crippen LogP contribution in [-0.2, 0) is 14.3 Å². The van der Waals surface area contributed by atoms with Crippen LogP contribution >= 0.6 is 0 Å². The van der Waals surface area contributed by atoms with Gasteiger partial charge in [0.15, 0.2) is 12.7 Å². The van der Waals surface area contributed by atoms with Crippen molar-refractivity contribution in [3.05, 3.63) is 29.8 Å². The Bertz CT molecular complexity index is 650. The molecule has 23 heavy (non-hydrogen) atoms. The number of carbonyl (C=O) groups is 3. The zero-order chi connectivity index (χ0) is 16.8. The standard InChI is InChI=1S/C15H15N3O5/c1-10(23-12-4-2-11(8-16)3-5-12)14(20)22-9-13(19)18-7-6-17-15(18)21/h2-5,10H,6-7,9H2,1H3,(H,17,21)/t10-/m0/s1. The van der Waals surface area contributed by atoms with E-state index < -0.39 is 30.6 Å². The number of nitriles is 1. The summed E-state index contributed by atoms with van der Waals surface area (Å²) in [7, 11) is 0. The molecule has 1 heterocycles. The summed E-state index contributed by atoms with van der Waals surface area (Å²) in [5.41, 5.74) is 0.474. The highest BCUT2D eigenvalue weighted by Gasteiger charge is 2.27. The van der Waals surface area contributed by atoms with Crippen molar-refractivity contribution in [2.45, 2.75) is 13.0 Å². The van der Waals surface area contributed by atoms with E-state index in [1.165, 1.54) is 6.92 Å². The number of nitrogens with zero attached hydrogens (tertiary/aromatic N) is 2. The molecule has 8 nitrogen and oxygen atoms in total. The van der Waals surface area contributed by atoms with Gasteiger partial charge >= 0.3 is 12.0 Å². The minimum Gasteiger partial charge on any atom is -0.479 e. The van der Waals surface area contributed by atoms with Gasteiger partial charge in [0, 0.05) is 13.1 Å². The summed E-state index contributed by atoms with van der Waals surface area (Å²) in [5, 5.41) is 11.2. The van der Waals surface area contributed by atoms with Crippen molar-refractivity contribution in [2.24, 2.45) is 0 Å². The van der Waals surface area contributed by atoms with E-state index in [1.807, 2.05) is 6.07 Å². The highest BCUT2D eigenvalue weighted by atomic mass is 16.6. The topological polar surface area (TPSA) is 109 Å². The summed E-state index contributed by atoms with van der Waals surface area (Å²) in [4.78, 5) is 35.8. The van der Waals surface area contributed by atoms with Gasteiger partial charge in [-0.05, 0) is 31.2 Å². The van der Waals surface area contributed by atoms with E-state index in [-0.39, 0.29) is 6.54 Å². The molecular weight excluding hydrogens is 302 g/mol. The third-order valence-corrected chi connectivity index (χ3v) is 3.12. The Kier molecular flexibility index (Phi) is 5.15. The van der Waals surface area contributed by atoms with Crippen LogP contribution in [0.4, 0.5) is 4.79 Å². The number of ether oxygens (including phenoxy) is 2. The van der Waals surface area contributed by atoms with E-state index in [1.54, 1.807) is 24.3 Å². The Labute approximate surface area is 132 Å². The summed E-state index contributed by atoms with van der Waals surface area (Å²) >= 11 is 0. The molecular formula is C15H15N3O5. The molecule has 1 aromatic rings. The van der Waals surface area contributed by atoms with Crippen LogP contribution in [0.3, 0.4) is 0 Å². The fourth-order valence-electron chi connectivity index (χ4n) is 1.90. The number of rotatable bonds is 5. The minimum atomic E-state index is -0.928. The lowest BCUT2D eigenvalue weighted by molar-refractivity contribution is -0.156. The van der Waals surface area contributed by atoms with Gasteiger partial charge in [0.1, 0.15) is 5.75 Å². The third kappa shape index (κ3) is 4.20. The van der Waals surface area contributed by atoms with Gasteiger partial charge in [-0.2, -0.15) is 5.26 Å². The molecule has 0 radical (unpaired) electrons. The monoisotopic (exact) mass is 317 g/mol. The van der Waals surface area contributed by atoms with Gasteiger partial charge in [-0.1, -0.05) is 0 Å². The number of hydrogen-bond donors (Lipinski definition) is 1. The molecule has 1 saturated heterocycles. The lowest BCUT2D eigenvalue weighted by Crippen LogP contribution is -2.38. The molecule has 0 aromatic heterocycles. The minimum absolute atomic E-state index is 0.256. The lowest BCUT2D eigenvalue weighted by Gasteiger charge is -2.15. The highest BCUT2D eigenvalue weighted by Crippen LogP contribution is 2.14. The van der Waals surface area contributed by atoms with Gasteiger partial charge in [0.2, 0.25) is 0 Å². The number of hydrogen-bond acceptors (Lipinski definition) is 6. The Balaban J connectivity index is 1.81. The summed E-state index contributed by atoms with van der Waals surface area (Å²) < 4.78 is 10.2. The maximum atomic E-state index is 11.8. The molecule has 120 valence electrons. The maximum Gasteiger partial charge on any atom is 0.347 e. The number of benzene rings is 1. The van der Waals surface area contributed by atoms with Crippen LogP contribution in [0.15, 0.2) is 24.3 Å². The van der Waals surface area contributed by atoms with Crippen LogP contribution in [0, 0.1) is 11.3 Å². The SMILES string of the molecule is C[C@H](Oc1ccc(C#N)cc1)C(=O)OCC(=O)N1CCNC1=O. The van der Waals surface area contributed by atoms with E-state index in [0.29, 0.717) is 17.9 Å². The number of carbonyl (C=O) groups excluding carboxylic acids is 3. The highest BCUT2D eigenvalue weighted by molar-refractivity contribution is 5.97. The van der Waals surface area contributed by atoms with Gasteiger partial charge in [-0.15, -0.1) is 0 Å². The van der Waals surface area contributed by atoms with Crippen molar-refractivity contribution >= 4 is 17.9 Å². The summed E-state index contributed by atoms with van der Waals surface area (Å²) in [5.74, 6) is -0.903. The van der Waals surface area contributed by atoms with Crippen LogP contribution in [-0.4, -0.2) is 48.6 Å². The fraction of sp³-hybridized carbons (Fsp3) is 0.333. The molecule has 1 aliphatic heterocycles. The van der Waals surface area contributed by atoms with Crippen molar-refractivity contribution < 1.29 is 23.9 Å². The average Bonchev–Trinajstić information content (AvgIpc) is 2.99. The van der Waals surface area contributed by atoms with Crippen LogP contribution < -0.4 is 10.1 Å². The normalized spacial score (nSPS) is 14.6. The van der Waals surface area contributed by atoms with E-state index >= 15 is 0 Å². The zero-order valence-corrected chi connectivity index (χ0v) is 12.4. The van der Waals surface area contributed by atoms with Gasteiger partial charge < -0.3 is 14.8 Å². The lowest BCUT2D eigenvalue weighted by atomic mass is 10.2. The molecule has 3 amide bonds. The first-order chi connectivity index (χ1) is 11.0. The Hall–Kier alpha value is -3.08. The molecule has 0 bridgehead atoms. The number of amides is 3. The molecule has 1 fully saturated rings. The largest absolute Gasteiger partial charge is 0.479 e. The molecule has 1 aromatic carbocycles. The van der Waals surface area contributed by atoms with Crippen molar-refractivity contribution in [1.82, 2.24) is 10.2 Å². The van der Waals surface area contributed by atoms with Gasteiger partial charge in [-0.25, -0.2) is 9.59 Å². The smallest absolute Gasteiger partial charge is 0.347 e. The van der Waals surface area contributed by atoms with Crippen molar-refractivity contribution in [3.63, 3.8) is 0 Å². The second-order valence-corrected chi connectivity index (χ2v) is 4.78. The maximum absolute atomic E-state index is 11.8. The van der Waals surface area contributed by atoms with E-state index in [0.717, 1.165) is 4.90 Å². The van der Waals surface area contributed by atoms with Crippen molar-refractivity contribution in [1.29, 1.82) is 5.26 Å². The number of nitrogens with one attached hydrogen (secondary N) is 1. The van der Waals surface area contributed by atoms with Crippen molar-refractivity contribution in [3.8, 4) is 11.8 Å². The number of esters is 1. The molecule has 8 heteroatoms. The molecule has 0 aliphatic carbocycles. The Morgan fingerprint density at radius 1 is 1.39 bits per heavy atom. The summed E-state index contributed by atoms with van der Waals surface area (Å²) in [6.07, 6.45) is -0.928. The number of urea groups is 1. The van der Waals surface area contributed by atoms with Crippen LogP contribution in [0.1, 0.15) is 12.5 Å². The first-order valence-corrected chi connectivity index (χ1v) is 6.93. The Morgan fingerprint density at radius 2 is 2.09 bits per heavy atom. The molecule has 2 rings (SSSR count). The molecule has 0 unspecified atom stereocenters. The average molecular weight is 317 g/mol. The summed E-state index contributed by atoms with van der Waals surface area (Å²) in [6.45, 7) is 1.60. The fourth-order valence-corrected chi connectivity index (χ4v) is 1.90. The van der Waals surface area contributed by atoms with Gasteiger partial charge in [0.25, 0.3) is 5.91 Å². The van der Waals surface area contributed by atoms with Crippen LogP contribution in [0.2, 0.25) is 0 Å². The quantitative estimate of drug-likeness (QED) is 0.788.